The van der Waals surface area contributed by atoms with Crippen molar-refractivity contribution < 1.29 is 0 Å². The minimum Gasteiger partial charge on any atom is -0.259 e. The lowest BCUT2D eigenvalue weighted by Crippen LogP contribution is -2.32. The summed E-state index contributed by atoms with van der Waals surface area (Å²) in [5.41, 5.74) is 4.08. The van der Waals surface area contributed by atoms with Gasteiger partial charge in [0.15, 0.2) is 0 Å². The molecule has 0 amide bonds. The van der Waals surface area contributed by atoms with Gasteiger partial charge >= 0.3 is 0 Å². The summed E-state index contributed by atoms with van der Waals surface area (Å²) in [6, 6.07) is 2.29. The third-order valence-electron chi connectivity index (χ3n) is 3.21. The summed E-state index contributed by atoms with van der Waals surface area (Å²) in [4.78, 5) is 9.10. The topological polar surface area (TPSA) is 24.7 Å². The van der Waals surface area contributed by atoms with Crippen LogP contribution in [0.3, 0.4) is 0 Å². The molecular formula is C14H20N2. The lowest BCUT2D eigenvalue weighted by atomic mass is 9.91. The standard InChI is InChI=1S/C14H20N2/c1-8(2)11-6-10(5)12(9(3)4)14-13(11)15-7-16-14/h6,8-9H,7H2,1-5H3. The molecule has 2 rings (SSSR count). The van der Waals surface area contributed by atoms with Crippen LogP contribution >= 0.6 is 0 Å². The van der Waals surface area contributed by atoms with Crippen LogP contribution in [-0.4, -0.2) is 6.67 Å². The van der Waals surface area contributed by atoms with Crippen molar-refractivity contribution in [1.29, 1.82) is 0 Å². The van der Waals surface area contributed by atoms with E-state index in [1.807, 2.05) is 0 Å². The van der Waals surface area contributed by atoms with Gasteiger partial charge in [-0.1, -0.05) is 33.8 Å². The second-order valence-corrected chi connectivity index (χ2v) is 5.16. The molecule has 0 bridgehead atoms. The first-order valence-electron chi connectivity index (χ1n) is 6.04. The molecule has 0 radical (unpaired) electrons. The lowest BCUT2D eigenvalue weighted by molar-refractivity contribution is 0.811. The fourth-order valence-electron chi connectivity index (χ4n) is 2.50. The van der Waals surface area contributed by atoms with Gasteiger partial charge in [0.1, 0.15) is 6.67 Å². The van der Waals surface area contributed by atoms with Crippen LogP contribution in [0.15, 0.2) is 16.1 Å². The molecule has 0 unspecified atom stereocenters. The van der Waals surface area contributed by atoms with E-state index in [0.717, 1.165) is 10.7 Å². The maximum absolute atomic E-state index is 4.56. The summed E-state index contributed by atoms with van der Waals surface area (Å²) in [6.45, 7) is 11.7. The van der Waals surface area contributed by atoms with Crippen LogP contribution in [0.5, 0.6) is 0 Å². The normalized spacial score (nSPS) is 13.9. The van der Waals surface area contributed by atoms with Crippen LogP contribution in [0.25, 0.3) is 0 Å². The summed E-state index contributed by atoms with van der Waals surface area (Å²) in [7, 11) is 0. The highest BCUT2D eigenvalue weighted by atomic mass is 15.0. The summed E-state index contributed by atoms with van der Waals surface area (Å²) in [6.07, 6.45) is 0. The molecule has 0 N–H and O–H groups in total. The molecule has 0 aliphatic carbocycles. The molecule has 1 aromatic carbocycles. The number of fused-ring (bicyclic) bond motifs is 1. The van der Waals surface area contributed by atoms with Crippen LogP contribution in [0.1, 0.15) is 56.2 Å². The van der Waals surface area contributed by atoms with Crippen LogP contribution in [0.2, 0.25) is 0 Å². The Hall–Kier alpha value is -1.18. The third-order valence-corrected chi connectivity index (χ3v) is 3.21. The molecule has 1 aliphatic heterocycles. The Bertz CT molecular complexity index is 525. The zero-order valence-electron chi connectivity index (χ0n) is 10.8. The van der Waals surface area contributed by atoms with Crippen LogP contribution in [0.4, 0.5) is 0 Å². The van der Waals surface area contributed by atoms with Crippen molar-refractivity contribution in [2.75, 3.05) is 6.67 Å². The van der Waals surface area contributed by atoms with E-state index in [2.05, 4.69) is 50.7 Å². The number of rotatable bonds is 2. The molecule has 0 fully saturated rings. The second-order valence-electron chi connectivity index (χ2n) is 5.16. The van der Waals surface area contributed by atoms with Crippen LogP contribution < -0.4 is 10.7 Å². The summed E-state index contributed by atoms with van der Waals surface area (Å²) in [5, 5.41) is 2.29. The summed E-state index contributed by atoms with van der Waals surface area (Å²) >= 11 is 0. The van der Waals surface area contributed by atoms with E-state index in [1.54, 1.807) is 0 Å². The Morgan fingerprint density at radius 3 is 2.19 bits per heavy atom. The predicted molar refractivity (Wildman–Crippen MR) is 66.5 cm³/mol. The zero-order chi connectivity index (χ0) is 11.9. The van der Waals surface area contributed by atoms with Crippen molar-refractivity contribution >= 4 is 0 Å². The second kappa shape index (κ2) is 4.00. The van der Waals surface area contributed by atoms with Crippen LogP contribution in [0, 0.1) is 6.92 Å². The van der Waals surface area contributed by atoms with Crippen molar-refractivity contribution in [3.05, 3.63) is 33.5 Å². The Balaban J connectivity index is 2.83. The molecule has 0 atom stereocenters. The molecule has 0 spiro atoms. The van der Waals surface area contributed by atoms with E-state index in [0.29, 0.717) is 18.5 Å². The Morgan fingerprint density at radius 2 is 1.62 bits per heavy atom. The van der Waals surface area contributed by atoms with Gasteiger partial charge in [-0.3, -0.25) is 9.98 Å². The minimum atomic E-state index is 0.519. The molecule has 1 aromatic rings. The van der Waals surface area contributed by atoms with Gasteiger partial charge in [0.05, 0.1) is 10.7 Å². The summed E-state index contributed by atoms with van der Waals surface area (Å²) in [5.74, 6) is 1.04. The smallest absolute Gasteiger partial charge is 0.130 e. The molecule has 1 heterocycles. The molecular weight excluding hydrogens is 196 g/mol. The Kier molecular flexibility index (Phi) is 2.83. The molecule has 2 heteroatoms. The van der Waals surface area contributed by atoms with Gasteiger partial charge in [-0.15, -0.1) is 0 Å². The van der Waals surface area contributed by atoms with Crippen molar-refractivity contribution in [3.8, 4) is 0 Å². The first-order valence-corrected chi connectivity index (χ1v) is 6.04. The van der Waals surface area contributed by atoms with E-state index in [4.69, 9.17) is 0 Å². The Labute approximate surface area is 97.1 Å². The maximum Gasteiger partial charge on any atom is 0.130 e. The molecule has 1 aliphatic rings. The van der Waals surface area contributed by atoms with Gasteiger partial charge in [-0.25, -0.2) is 0 Å². The molecule has 0 aromatic heterocycles. The number of aryl methyl sites for hydroxylation is 1. The molecule has 2 nitrogen and oxygen atoms in total. The van der Waals surface area contributed by atoms with Gasteiger partial charge in [0, 0.05) is 0 Å². The largest absolute Gasteiger partial charge is 0.259 e. The van der Waals surface area contributed by atoms with Crippen molar-refractivity contribution in [1.82, 2.24) is 0 Å². The zero-order valence-corrected chi connectivity index (χ0v) is 10.8. The van der Waals surface area contributed by atoms with Gasteiger partial charge < -0.3 is 0 Å². The maximum atomic E-state index is 4.56. The van der Waals surface area contributed by atoms with E-state index in [1.165, 1.54) is 16.7 Å². The highest BCUT2D eigenvalue weighted by Gasteiger charge is 2.15. The first-order chi connectivity index (χ1) is 7.52. The van der Waals surface area contributed by atoms with Crippen molar-refractivity contribution in [2.24, 2.45) is 9.98 Å². The van der Waals surface area contributed by atoms with E-state index in [-0.39, 0.29) is 0 Å². The van der Waals surface area contributed by atoms with Crippen molar-refractivity contribution in [3.63, 3.8) is 0 Å². The highest BCUT2D eigenvalue weighted by Crippen LogP contribution is 2.18. The van der Waals surface area contributed by atoms with Crippen LogP contribution in [-0.2, 0) is 0 Å². The number of hydrogen-bond donors (Lipinski definition) is 0. The summed E-state index contributed by atoms with van der Waals surface area (Å²) < 4.78 is 0. The molecule has 86 valence electrons. The van der Waals surface area contributed by atoms with Gasteiger partial charge in [0.25, 0.3) is 0 Å². The fourth-order valence-corrected chi connectivity index (χ4v) is 2.50. The quantitative estimate of drug-likeness (QED) is 0.725. The van der Waals surface area contributed by atoms with E-state index < -0.39 is 0 Å². The van der Waals surface area contributed by atoms with E-state index in [9.17, 15) is 0 Å². The van der Waals surface area contributed by atoms with Gasteiger partial charge in [0.2, 0.25) is 0 Å². The predicted octanol–water partition coefficient (Wildman–Crippen LogP) is 2.45. The number of nitrogens with zero attached hydrogens (tertiary/aromatic N) is 2. The average Bonchev–Trinajstić information content (AvgIpc) is 2.63. The number of benzene rings is 1. The average molecular weight is 216 g/mol. The van der Waals surface area contributed by atoms with Gasteiger partial charge in [-0.2, -0.15) is 0 Å². The SMILES string of the molecule is Cc1cc(C(C)C)c2c(c1C(C)C)=NCN=2. The lowest BCUT2D eigenvalue weighted by Gasteiger charge is -2.13. The number of hydrogen-bond acceptors (Lipinski definition) is 2. The minimum absolute atomic E-state index is 0.519. The molecule has 0 saturated carbocycles. The molecule has 0 saturated heterocycles. The highest BCUT2D eigenvalue weighted by molar-refractivity contribution is 5.34. The van der Waals surface area contributed by atoms with Gasteiger partial charge in [-0.05, 0) is 35.4 Å². The first kappa shape index (κ1) is 11.3. The van der Waals surface area contributed by atoms with Crippen molar-refractivity contribution in [2.45, 2.75) is 46.5 Å². The fraction of sp³-hybridized carbons (Fsp3) is 0.571. The molecule has 16 heavy (non-hydrogen) atoms. The van der Waals surface area contributed by atoms with E-state index >= 15 is 0 Å². The monoisotopic (exact) mass is 216 g/mol. The Morgan fingerprint density at radius 1 is 1.00 bits per heavy atom. The third kappa shape index (κ3) is 1.66.